The van der Waals surface area contributed by atoms with E-state index in [1.54, 1.807) is 0 Å². The maximum absolute atomic E-state index is 12.4. The first kappa shape index (κ1) is 20.1. The summed E-state index contributed by atoms with van der Waals surface area (Å²) >= 11 is 1.50. The molecule has 0 unspecified atom stereocenters. The van der Waals surface area contributed by atoms with Crippen molar-refractivity contribution in [2.75, 3.05) is 19.0 Å². The van der Waals surface area contributed by atoms with Gasteiger partial charge in [-0.3, -0.25) is 4.79 Å². The van der Waals surface area contributed by atoms with Crippen LogP contribution in [0.2, 0.25) is 0 Å². The molecule has 7 heteroatoms. The number of carbonyl (C=O) groups excluding carboxylic acids is 1. The Morgan fingerprint density at radius 1 is 1.17 bits per heavy atom. The Morgan fingerprint density at radius 3 is 2.69 bits per heavy atom. The monoisotopic (exact) mass is 415 g/mol. The molecule has 4 rings (SSSR count). The highest BCUT2D eigenvalue weighted by molar-refractivity contribution is 7.99. The van der Waals surface area contributed by atoms with Crippen molar-refractivity contribution in [2.45, 2.75) is 63.2 Å². The van der Waals surface area contributed by atoms with Gasteiger partial charge < -0.3 is 19.4 Å². The van der Waals surface area contributed by atoms with Gasteiger partial charge in [0.25, 0.3) is 0 Å². The lowest BCUT2D eigenvalue weighted by molar-refractivity contribution is -0.119. The van der Waals surface area contributed by atoms with E-state index < -0.39 is 0 Å². The molecular weight excluding hydrogens is 386 g/mol. The Morgan fingerprint density at radius 2 is 1.93 bits per heavy atom. The van der Waals surface area contributed by atoms with Crippen molar-refractivity contribution in [2.24, 2.45) is 0 Å². The van der Waals surface area contributed by atoms with Gasteiger partial charge in [-0.15, -0.1) is 0 Å². The van der Waals surface area contributed by atoms with E-state index in [-0.39, 0.29) is 5.91 Å². The Balaban J connectivity index is 1.41. The fourth-order valence-corrected chi connectivity index (χ4v) is 4.89. The van der Waals surface area contributed by atoms with Crippen LogP contribution in [0.3, 0.4) is 0 Å². The third-order valence-corrected chi connectivity index (χ3v) is 6.52. The second kappa shape index (κ2) is 9.57. The molecule has 29 heavy (non-hydrogen) atoms. The van der Waals surface area contributed by atoms with Crippen molar-refractivity contribution in [1.29, 1.82) is 0 Å². The number of carbonyl (C=O) groups is 1. The zero-order valence-corrected chi connectivity index (χ0v) is 17.8. The van der Waals surface area contributed by atoms with Gasteiger partial charge in [0.15, 0.2) is 16.7 Å². The molecule has 6 nitrogen and oxygen atoms in total. The van der Waals surface area contributed by atoms with Gasteiger partial charge in [-0.05, 0) is 38.0 Å². The van der Waals surface area contributed by atoms with Crippen molar-refractivity contribution >= 4 is 17.7 Å². The minimum Gasteiger partial charge on any atom is -0.486 e. The summed E-state index contributed by atoms with van der Waals surface area (Å²) in [4.78, 5) is 17.0. The molecule has 0 saturated heterocycles. The van der Waals surface area contributed by atoms with Crippen LogP contribution in [0, 0.1) is 0 Å². The highest BCUT2D eigenvalue weighted by atomic mass is 32.2. The molecule has 0 bridgehead atoms. The Hall–Kier alpha value is -2.15. The minimum atomic E-state index is 0.105. The standard InChI is InChI=1S/C22H29N3O3S/c1-2-25-18(16-9-10-19-20(13-16)28-12-11-27-19)14-23-22(25)29-15-21(26)24-17-7-5-3-4-6-8-17/h9-10,13-14,17H,2-8,11-12,15H2,1H3,(H,24,26). The molecule has 1 aliphatic carbocycles. The summed E-state index contributed by atoms with van der Waals surface area (Å²) in [6.07, 6.45) is 9.10. The number of aromatic nitrogens is 2. The van der Waals surface area contributed by atoms with Crippen LogP contribution in [-0.2, 0) is 11.3 Å². The molecule has 0 radical (unpaired) electrons. The van der Waals surface area contributed by atoms with Gasteiger partial charge >= 0.3 is 0 Å². The van der Waals surface area contributed by atoms with Gasteiger partial charge in [-0.2, -0.15) is 0 Å². The maximum atomic E-state index is 12.4. The van der Waals surface area contributed by atoms with Crippen LogP contribution >= 0.6 is 11.8 Å². The molecule has 1 fully saturated rings. The quantitative estimate of drug-likeness (QED) is 0.564. The molecule has 1 N–H and O–H groups in total. The van der Waals surface area contributed by atoms with Crippen LogP contribution in [0.15, 0.2) is 29.6 Å². The first-order valence-corrected chi connectivity index (χ1v) is 11.6. The second-order valence-electron chi connectivity index (χ2n) is 7.57. The van der Waals surface area contributed by atoms with Crippen molar-refractivity contribution < 1.29 is 14.3 Å². The first-order valence-electron chi connectivity index (χ1n) is 10.6. The summed E-state index contributed by atoms with van der Waals surface area (Å²) in [6.45, 7) is 4.04. The van der Waals surface area contributed by atoms with Gasteiger partial charge in [0.1, 0.15) is 13.2 Å². The van der Waals surface area contributed by atoms with E-state index >= 15 is 0 Å². The number of benzene rings is 1. The number of hydrogen-bond acceptors (Lipinski definition) is 5. The molecule has 1 saturated carbocycles. The van der Waals surface area contributed by atoms with E-state index in [1.807, 2.05) is 24.4 Å². The predicted octanol–water partition coefficient (Wildman–Crippen LogP) is 4.27. The van der Waals surface area contributed by atoms with Crippen molar-refractivity contribution in [3.8, 4) is 22.8 Å². The average Bonchev–Trinajstić information content (AvgIpc) is 2.99. The molecule has 2 aromatic rings. The van der Waals surface area contributed by atoms with Crippen LogP contribution in [0.1, 0.15) is 45.4 Å². The summed E-state index contributed by atoms with van der Waals surface area (Å²) in [7, 11) is 0. The van der Waals surface area contributed by atoms with E-state index in [0.29, 0.717) is 25.0 Å². The van der Waals surface area contributed by atoms with Crippen LogP contribution in [-0.4, -0.2) is 40.5 Å². The summed E-state index contributed by atoms with van der Waals surface area (Å²) in [5.74, 6) is 2.06. The lowest BCUT2D eigenvalue weighted by atomic mass is 10.1. The van der Waals surface area contributed by atoms with Gasteiger partial charge in [0.05, 0.1) is 17.6 Å². The molecule has 1 aliphatic heterocycles. The van der Waals surface area contributed by atoms with E-state index in [4.69, 9.17) is 9.47 Å². The van der Waals surface area contributed by atoms with E-state index in [2.05, 4.69) is 21.8 Å². The fourth-order valence-electron chi connectivity index (χ4n) is 4.04. The number of amides is 1. The number of fused-ring (bicyclic) bond motifs is 1. The third-order valence-electron chi connectivity index (χ3n) is 5.53. The lowest BCUT2D eigenvalue weighted by Gasteiger charge is -2.19. The van der Waals surface area contributed by atoms with Crippen molar-refractivity contribution in [3.63, 3.8) is 0 Å². The minimum absolute atomic E-state index is 0.105. The van der Waals surface area contributed by atoms with E-state index in [1.165, 1.54) is 37.4 Å². The summed E-state index contributed by atoms with van der Waals surface area (Å²) in [5.41, 5.74) is 2.06. The average molecular weight is 416 g/mol. The number of thioether (sulfide) groups is 1. The highest BCUT2D eigenvalue weighted by Gasteiger charge is 2.18. The van der Waals surface area contributed by atoms with Gasteiger partial charge in [-0.1, -0.05) is 37.4 Å². The number of nitrogens with one attached hydrogen (secondary N) is 1. The van der Waals surface area contributed by atoms with E-state index in [0.717, 1.165) is 47.3 Å². The largest absolute Gasteiger partial charge is 0.486 e. The number of imidazole rings is 1. The summed E-state index contributed by atoms with van der Waals surface area (Å²) in [6, 6.07) is 6.32. The molecule has 1 aromatic carbocycles. The lowest BCUT2D eigenvalue weighted by Crippen LogP contribution is -2.35. The Kier molecular flexibility index (Phi) is 6.64. The Bertz CT molecular complexity index is 844. The zero-order chi connectivity index (χ0) is 20.1. The molecule has 156 valence electrons. The smallest absolute Gasteiger partial charge is 0.230 e. The zero-order valence-electron chi connectivity index (χ0n) is 17.0. The molecule has 0 spiro atoms. The molecule has 0 atom stereocenters. The van der Waals surface area contributed by atoms with E-state index in [9.17, 15) is 4.79 Å². The second-order valence-corrected chi connectivity index (χ2v) is 8.52. The number of rotatable bonds is 6. The highest BCUT2D eigenvalue weighted by Crippen LogP contribution is 2.35. The van der Waals surface area contributed by atoms with Gasteiger partial charge in [0, 0.05) is 18.2 Å². The number of hydrogen-bond donors (Lipinski definition) is 1. The summed E-state index contributed by atoms with van der Waals surface area (Å²) < 4.78 is 13.5. The molecule has 2 aliphatic rings. The van der Waals surface area contributed by atoms with Gasteiger partial charge in [0.2, 0.25) is 5.91 Å². The number of ether oxygens (including phenoxy) is 2. The maximum Gasteiger partial charge on any atom is 0.230 e. The molecular formula is C22H29N3O3S. The van der Waals surface area contributed by atoms with Crippen molar-refractivity contribution in [1.82, 2.24) is 14.9 Å². The third kappa shape index (κ3) is 4.89. The van der Waals surface area contributed by atoms with Crippen molar-refractivity contribution in [3.05, 3.63) is 24.4 Å². The molecule has 2 heterocycles. The number of nitrogens with zero attached hydrogens (tertiary/aromatic N) is 2. The summed E-state index contributed by atoms with van der Waals surface area (Å²) in [5, 5.41) is 4.08. The first-order chi connectivity index (χ1) is 14.2. The predicted molar refractivity (Wildman–Crippen MR) is 115 cm³/mol. The fraction of sp³-hybridized carbons (Fsp3) is 0.545. The van der Waals surface area contributed by atoms with Gasteiger partial charge in [-0.25, -0.2) is 4.98 Å². The van der Waals surface area contributed by atoms with Crippen LogP contribution < -0.4 is 14.8 Å². The van der Waals surface area contributed by atoms with Crippen LogP contribution in [0.25, 0.3) is 11.3 Å². The molecule has 1 aromatic heterocycles. The SMILES string of the molecule is CCn1c(-c2ccc3c(c2)OCCO3)cnc1SCC(=O)NC1CCCCCC1. The normalized spacial score (nSPS) is 17.0. The van der Waals surface area contributed by atoms with Crippen LogP contribution in [0.4, 0.5) is 0 Å². The topological polar surface area (TPSA) is 65.4 Å². The van der Waals surface area contributed by atoms with Crippen LogP contribution in [0.5, 0.6) is 11.5 Å². The Labute approximate surface area is 176 Å². The molecule has 1 amide bonds.